The van der Waals surface area contributed by atoms with Gasteiger partial charge in [0.1, 0.15) is 12.1 Å². The van der Waals surface area contributed by atoms with Crippen molar-refractivity contribution in [2.45, 2.75) is 37.6 Å². The quantitative estimate of drug-likeness (QED) is 0.750. The topological polar surface area (TPSA) is 117 Å². The normalized spacial score (nSPS) is 20.3. The predicted molar refractivity (Wildman–Crippen MR) is 98.3 cm³/mol. The molecule has 1 saturated heterocycles. The molecule has 8 nitrogen and oxygen atoms in total. The number of fused-ring (bicyclic) bond motifs is 2. The van der Waals surface area contributed by atoms with Crippen LogP contribution in [0, 0.1) is 22.7 Å². The van der Waals surface area contributed by atoms with Gasteiger partial charge in [-0.15, -0.1) is 0 Å². The van der Waals surface area contributed by atoms with E-state index in [1.807, 2.05) is 36.4 Å². The number of carbonyl (C=O) groups is 3. The van der Waals surface area contributed by atoms with Crippen LogP contribution in [-0.2, 0) is 21.5 Å². The summed E-state index contributed by atoms with van der Waals surface area (Å²) in [7, 11) is 0. The molecule has 1 N–H and O–H groups in total. The van der Waals surface area contributed by atoms with Crippen LogP contribution >= 0.6 is 0 Å². The van der Waals surface area contributed by atoms with Crippen LogP contribution in [0.5, 0.6) is 0 Å². The number of benzene rings is 1. The van der Waals surface area contributed by atoms with Gasteiger partial charge in [-0.05, 0) is 30.4 Å². The first-order valence-electron chi connectivity index (χ1n) is 9.27. The third-order valence-corrected chi connectivity index (χ3v) is 5.28. The zero-order chi connectivity index (χ0) is 20.1. The molecule has 1 fully saturated rings. The molecule has 1 atom stereocenters. The Morgan fingerprint density at radius 1 is 1.18 bits per heavy atom. The fraction of sp³-hybridized carbons (Fsp3) is 0.450. The molecule has 8 heteroatoms. The number of hydrogen-bond donors (Lipinski definition) is 1. The van der Waals surface area contributed by atoms with Crippen LogP contribution in [-0.4, -0.2) is 47.3 Å². The summed E-state index contributed by atoms with van der Waals surface area (Å²) in [6.45, 7) is -0.0747. The number of nitrogens with one attached hydrogen (secondary N) is 1. The smallest absolute Gasteiger partial charge is 0.325 e. The Morgan fingerprint density at radius 2 is 1.86 bits per heavy atom. The van der Waals surface area contributed by atoms with Crippen LogP contribution in [0.1, 0.15) is 36.8 Å². The zero-order valence-corrected chi connectivity index (χ0v) is 15.5. The molecule has 0 aromatic heterocycles. The average molecular weight is 379 g/mol. The lowest BCUT2D eigenvalue weighted by Gasteiger charge is -2.33. The number of rotatable bonds is 6. The first kappa shape index (κ1) is 19.4. The molecule has 2 aliphatic rings. The van der Waals surface area contributed by atoms with Gasteiger partial charge in [0.2, 0.25) is 5.91 Å². The van der Waals surface area contributed by atoms with Gasteiger partial charge in [0.25, 0.3) is 5.91 Å². The number of urea groups is 1. The molecule has 0 bridgehead atoms. The molecule has 1 aromatic carbocycles. The van der Waals surface area contributed by atoms with E-state index in [1.165, 1.54) is 4.90 Å². The Bertz CT molecular complexity index is 867. The average Bonchev–Trinajstić information content (AvgIpc) is 2.93. The first-order valence-corrected chi connectivity index (χ1v) is 9.27. The van der Waals surface area contributed by atoms with Gasteiger partial charge in [0.05, 0.1) is 25.0 Å². The Balaban J connectivity index is 1.80. The lowest BCUT2D eigenvalue weighted by atomic mass is 9.76. The second kappa shape index (κ2) is 8.10. The highest BCUT2D eigenvalue weighted by Gasteiger charge is 2.54. The van der Waals surface area contributed by atoms with Crippen LogP contribution in [0.15, 0.2) is 24.3 Å². The Labute approximate surface area is 163 Å². The van der Waals surface area contributed by atoms with E-state index in [1.54, 1.807) is 0 Å². The molecule has 1 aliphatic carbocycles. The molecule has 4 amide bonds. The molecule has 0 saturated carbocycles. The lowest BCUT2D eigenvalue weighted by Crippen LogP contribution is -2.47. The largest absolute Gasteiger partial charge is 0.339 e. The van der Waals surface area contributed by atoms with E-state index in [0.717, 1.165) is 28.9 Å². The second-order valence-corrected chi connectivity index (χ2v) is 6.93. The molecule has 1 aromatic rings. The molecule has 0 radical (unpaired) electrons. The van der Waals surface area contributed by atoms with Crippen molar-refractivity contribution in [1.29, 1.82) is 10.5 Å². The molecule has 1 spiro atoms. The van der Waals surface area contributed by atoms with E-state index in [2.05, 4.69) is 5.32 Å². The van der Waals surface area contributed by atoms with Gasteiger partial charge >= 0.3 is 6.03 Å². The number of aryl methyl sites for hydroxylation is 1. The van der Waals surface area contributed by atoms with E-state index in [9.17, 15) is 14.4 Å². The van der Waals surface area contributed by atoms with Crippen molar-refractivity contribution in [2.24, 2.45) is 0 Å². The molecular formula is C20H21N5O3. The van der Waals surface area contributed by atoms with Gasteiger partial charge in [-0.25, -0.2) is 4.79 Å². The fourth-order valence-electron chi connectivity index (χ4n) is 3.92. The van der Waals surface area contributed by atoms with Crippen LogP contribution < -0.4 is 5.32 Å². The van der Waals surface area contributed by atoms with Crippen LogP contribution in [0.4, 0.5) is 4.79 Å². The van der Waals surface area contributed by atoms with Crippen molar-refractivity contribution >= 4 is 17.8 Å². The minimum Gasteiger partial charge on any atom is -0.339 e. The van der Waals surface area contributed by atoms with Gasteiger partial charge in [-0.3, -0.25) is 14.5 Å². The fourth-order valence-corrected chi connectivity index (χ4v) is 3.92. The van der Waals surface area contributed by atoms with E-state index < -0.39 is 29.9 Å². The van der Waals surface area contributed by atoms with Gasteiger partial charge in [0, 0.05) is 13.1 Å². The summed E-state index contributed by atoms with van der Waals surface area (Å²) in [6.07, 6.45) is 2.34. The first-order chi connectivity index (χ1) is 13.5. The standard InChI is InChI=1S/C20H21N5O3/c21-10-4-12-24(13-5-11-22)17(26)14-25-18(27)20(23-19(25)28)9-3-7-15-6-1-2-8-16(15)20/h1-2,6,8H,3-5,7,9,12-14H2,(H,23,28). The number of nitrogens with zero attached hydrogens (tertiary/aromatic N) is 4. The summed E-state index contributed by atoms with van der Waals surface area (Å²) in [5.74, 6) is -0.867. The SMILES string of the molecule is N#CCCN(CCC#N)C(=O)CN1C(=O)NC2(CCCc3ccccc32)C1=O. The van der Waals surface area contributed by atoms with E-state index in [0.29, 0.717) is 6.42 Å². The van der Waals surface area contributed by atoms with Crippen molar-refractivity contribution < 1.29 is 14.4 Å². The highest BCUT2D eigenvalue weighted by molar-refractivity contribution is 6.09. The summed E-state index contributed by atoms with van der Waals surface area (Å²) in [4.78, 5) is 40.7. The number of amides is 4. The van der Waals surface area contributed by atoms with Crippen molar-refractivity contribution in [2.75, 3.05) is 19.6 Å². The zero-order valence-electron chi connectivity index (χ0n) is 15.5. The van der Waals surface area contributed by atoms with Crippen molar-refractivity contribution in [3.05, 3.63) is 35.4 Å². The van der Waals surface area contributed by atoms with E-state index >= 15 is 0 Å². The Morgan fingerprint density at radius 3 is 2.54 bits per heavy atom. The maximum atomic E-state index is 13.2. The van der Waals surface area contributed by atoms with Crippen molar-refractivity contribution in [3.8, 4) is 12.1 Å². The van der Waals surface area contributed by atoms with Crippen molar-refractivity contribution in [1.82, 2.24) is 15.1 Å². The Kier molecular flexibility index (Phi) is 5.60. The minimum absolute atomic E-state index is 0.120. The summed E-state index contributed by atoms with van der Waals surface area (Å²) in [5.41, 5.74) is 0.705. The molecule has 1 aliphatic heterocycles. The molecule has 3 rings (SSSR count). The Hall–Kier alpha value is -3.39. The molecule has 1 heterocycles. The number of nitriles is 2. The molecular weight excluding hydrogens is 358 g/mol. The van der Waals surface area contributed by atoms with Crippen LogP contribution in [0.2, 0.25) is 0 Å². The summed E-state index contributed by atoms with van der Waals surface area (Å²) >= 11 is 0. The number of imide groups is 1. The minimum atomic E-state index is -1.11. The number of hydrogen-bond acceptors (Lipinski definition) is 5. The van der Waals surface area contributed by atoms with Gasteiger partial charge in [-0.1, -0.05) is 24.3 Å². The van der Waals surface area contributed by atoms with Gasteiger partial charge < -0.3 is 10.2 Å². The van der Waals surface area contributed by atoms with Gasteiger partial charge in [-0.2, -0.15) is 10.5 Å². The van der Waals surface area contributed by atoms with Crippen LogP contribution in [0.3, 0.4) is 0 Å². The van der Waals surface area contributed by atoms with Gasteiger partial charge in [0.15, 0.2) is 0 Å². The van der Waals surface area contributed by atoms with E-state index in [-0.39, 0.29) is 25.9 Å². The number of carbonyl (C=O) groups excluding carboxylic acids is 3. The maximum absolute atomic E-state index is 13.2. The molecule has 144 valence electrons. The second-order valence-electron chi connectivity index (χ2n) is 6.93. The third kappa shape index (κ3) is 3.41. The lowest BCUT2D eigenvalue weighted by molar-refractivity contribution is -0.139. The van der Waals surface area contributed by atoms with E-state index in [4.69, 9.17) is 10.5 Å². The summed E-state index contributed by atoms with van der Waals surface area (Å²) in [6, 6.07) is 10.9. The monoisotopic (exact) mass is 379 g/mol. The third-order valence-electron chi connectivity index (χ3n) is 5.28. The van der Waals surface area contributed by atoms with Crippen LogP contribution in [0.25, 0.3) is 0 Å². The summed E-state index contributed by atoms with van der Waals surface area (Å²) < 4.78 is 0. The van der Waals surface area contributed by atoms with Crippen molar-refractivity contribution in [3.63, 3.8) is 0 Å². The molecule has 28 heavy (non-hydrogen) atoms. The highest BCUT2D eigenvalue weighted by atomic mass is 16.2. The molecule has 1 unspecified atom stereocenters. The predicted octanol–water partition coefficient (Wildman–Crippen LogP) is 1.43. The highest BCUT2D eigenvalue weighted by Crippen LogP contribution is 2.39. The summed E-state index contributed by atoms with van der Waals surface area (Å²) in [5, 5.41) is 20.4. The maximum Gasteiger partial charge on any atom is 0.325 e.